The first kappa shape index (κ1) is 17.4. The quantitative estimate of drug-likeness (QED) is 0.885. The van der Waals surface area contributed by atoms with Gasteiger partial charge in [0.2, 0.25) is 11.9 Å². The molecule has 0 saturated heterocycles. The monoisotopic (exact) mass is 316 g/mol. The summed E-state index contributed by atoms with van der Waals surface area (Å²) in [7, 11) is 0. The number of hydrogen-bond acceptors (Lipinski definition) is 3. The number of nitrogens with zero attached hydrogens (tertiary/aromatic N) is 3. The number of fused-ring (bicyclic) bond motifs is 1. The number of carbonyl (C=O) groups excluding carboxylic acids is 1. The molecule has 0 spiro atoms. The summed E-state index contributed by atoms with van der Waals surface area (Å²) in [4.78, 5) is 21.4. The predicted octanol–water partition coefficient (Wildman–Crippen LogP) is 4.48. The van der Waals surface area contributed by atoms with Gasteiger partial charge in [-0.25, -0.2) is 9.97 Å². The Hall–Kier alpha value is -1.91. The third-order valence-electron chi connectivity index (χ3n) is 4.32. The number of rotatable bonds is 5. The SMILES string of the molecule is C.Cc1ccc2nc(NC(=O)CCC(C)C)n(C3CCC3)c2n1. The van der Waals surface area contributed by atoms with Crippen LogP contribution in [0, 0.1) is 12.8 Å². The molecule has 126 valence electrons. The molecular weight excluding hydrogens is 288 g/mol. The van der Waals surface area contributed by atoms with Crippen LogP contribution in [0.5, 0.6) is 0 Å². The highest BCUT2D eigenvalue weighted by atomic mass is 16.1. The second kappa shape index (κ2) is 7.11. The van der Waals surface area contributed by atoms with Gasteiger partial charge in [-0.1, -0.05) is 21.3 Å². The van der Waals surface area contributed by atoms with E-state index in [1.807, 2.05) is 19.1 Å². The lowest BCUT2D eigenvalue weighted by molar-refractivity contribution is -0.116. The maximum Gasteiger partial charge on any atom is 0.226 e. The van der Waals surface area contributed by atoms with Crippen molar-refractivity contribution in [1.29, 1.82) is 0 Å². The molecule has 0 unspecified atom stereocenters. The normalized spacial score (nSPS) is 14.6. The minimum absolute atomic E-state index is 0. The molecule has 1 N–H and O–H groups in total. The Kier molecular flexibility index (Phi) is 5.39. The van der Waals surface area contributed by atoms with Crippen LogP contribution in [0.25, 0.3) is 11.2 Å². The Bertz CT molecular complexity index is 686. The lowest BCUT2D eigenvalue weighted by Crippen LogP contribution is -2.22. The average molecular weight is 316 g/mol. The van der Waals surface area contributed by atoms with Crippen molar-refractivity contribution < 1.29 is 4.79 Å². The van der Waals surface area contributed by atoms with Gasteiger partial charge >= 0.3 is 0 Å². The number of aryl methyl sites for hydroxylation is 1. The van der Waals surface area contributed by atoms with Crippen molar-refractivity contribution in [3.63, 3.8) is 0 Å². The van der Waals surface area contributed by atoms with E-state index in [9.17, 15) is 4.79 Å². The Morgan fingerprint density at radius 1 is 1.35 bits per heavy atom. The van der Waals surface area contributed by atoms with Gasteiger partial charge in [-0.15, -0.1) is 0 Å². The van der Waals surface area contributed by atoms with Crippen molar-refractivity contribution in [3.8, 4) is 0 Å². The maximum atomic E-state index is 12.2. The number of nitrogens with one attached hydrogen (secondary N) is 1. The van der Waals surface area contributed by atoms with Gasteiger partial charge in [0.05, 0.1) is 0 Å². The first-order chi connectivity index (χ1) is 10.5. The van der Waals surface area contributed by atoms with Crippen LogP contribution < -0.4 is 5.32 Å². The van der Waals surface area contributed by atoms with Crippen LogP contribution in [0.4, 0.5) is 5.95 Å². The van der Waals surface area contributed by atoms with E-state index >= 15 is 0 Å². The molecule has 1 saturated carbocycles. The Labute approximate surface area is 138 Å². The van der Waals surface area contributed by atoms with Crippen LogP contribution in [0.15, 0.2) is 12.1 Å². The van der Waals surface area contributed by atoms with Crippen LogP contribution in [0.2, 0.25) is 0 Å². The van der Waals surface area contributed by atoms with E-state index in [2.05, 4.69) is 33.7 Å². The lowest BCUT2D eigenvalue weighted by Gasteiger charge is -2.28. The highest BCUT2D eigenvalue weighted by Gasteiger charge is 2.26. The van der Waals surface area contributed by atoms with E-state index in [4.69, 9.17) is 0 Å². The zero-order valence-corrected chi connectivity index (χ0v) is 13.6. The van der Waals surface area contributed by atoms with E-state index in [0.29, 0.717) is 24.3 Å². The first-order valence-corrected chi connectivity index (χ1v) is 8.20. The summed E-state index contributed by atoms with van der Waals surface area (Å²) >= 11 is 0. The highest BCUT2D eigenvalue weighted by molar-refractivity contribution is 5.91. The molecule has 2 aromatic rings. The predicted molar refractivity (Wildman–Crippen MR) is 94.6 cm³/mol. The lowest BCUT2D eigenvalue weighted by atomic mass is 9.93. The van der Waals surface area contributed by atoms with Crippen molar-refractivity contribution in [2.24, 2.45) is 5.92 Å². The number of amides is 1. The summed E-state index contributed by atoms with van der Waals surface area (Å²) in [6.07, 6.45) is 4.94. The molecule has 5 nitrogen and oxygen atoms in total. The largest absolute Gasteiger partial charge is 0.296 e. The molecule has 0 atom stereocenters. The van der Waals surface area contributed by atoms with E-state index < -0.39 is 0 Å². The fourth-order valence-corrected chi connectivity index (χ4v) is 2.75. The zero-order valence-electron chi connectivity index (χ0n) is 13.6. The first-order valence-electron chi connectivity index (χ1n) is 8.20. The number of carbonyl (C=O) groups is 1. The standard InChI is InChI=1S/C17H24N4O.CH4/c1-11(2)7-10-15(22)20-17-19-14-9-8-12(3)18-16(14)21(17)13-5-4-6-13;/h8-9,11,13H,4-7,10H2,1-3H3,(H,19,20,22);1H4. The number of anilines is 1. The van der Waals surface area contributed by atoms with E-state index in [1.54, 1.807) is 0 Å². The Morgan fingerprint density at radius 3 is 2.70 bits per heavy atom. The zero-order chi connectivity index (χ0) is 15.7. The third kappa shape index (κ3) is 3.71. The molecule has 0 bridgehead atoms. The number of aromatic nitrogens is 3. The molecule has 0 aliphatic heterocycles. The van der Waals surface area contributed by atoms with Crippen molar-refractivity contribution in [2.75, 3.05) is 5.32 Å². The van der Waals surface area contributed by atoms with Gasteiger partial charge in [0.1, 0.15) is 5.52 Å². The molecule has 2 heterocycles. The van der Waals surface area contributed by atoms with Gasteiger partial charge in [-0.3, -0.25) is 14.7 Å². The van der Waals surface area contributed by atoms with Crippen molar-refractivity contribution in [2.45, 2.75) is 66.3 Å². The van der Waals surface area contributed by atoms with Crippen LogP contribution in [-0.4, -0.2) is 20.4 Å². The average Bonchev–Trinajstić information content (AvgIpc) is 2.73. The fourth-order valence-electron chi connectivity index (χ4n) is 2.75. The van der Waals surface area contributed by atoms with E-state index in [0.717, 1.165) is 36.1 Å². The number of imidazole rings is 1. The molecular formula is C18H28N4O. The fraction of sp³-hybridized carbons (Fsp3) is 0.611. The molecule has 2 aromatic heterocycles. The van der Waals surface area contributed by atoms with Gasteiger partial charge in [0.25, 0.3) is 0 Å². The minimum atomic E-state index is 0. The van der Waals surface area contributed by atoms with Gasteiger partial charge in [0.15, 0.2) is 5.65 Å². The second-order valence-electron chi connectivity index (χ2n) is 6.67. The van der Waals surface area contributed by atoms with E-state index in [1.165, 1.54) is 6.42 Å². The van der Waals surface area contributed by atoms with Gasteiger partial charge in [-0.05, 0) is 50.7 Å². The molecule has 0 aromatic carbocycles. The van der Waals surface area contributed by atoms with Crippen molar-refractivity contribution in [1.82, 2.24) is 14.5 Å². The third-order valence-corrected chi connectivity index (χ3v) is 4.32. The topological polar surface area (TPSA) is 59.8 Å². The minimum Gasteiger partial charge on any atom is -0.296 e. The van der Waals surface area contributed by atoms with Gasteiger partial charge < -0.3 is 0 Å². The summed E-state index contributed by atoms with van der Waals surface area (Å²) in [5, 5.41) is 3.00. The molecule has 1 aliphatic carbocycles. The molecule has 1 fully saturated rings. The molecule has 23 heavy (non-hydrogen) atoms. The Balaban J connectivity index is 0.00000192. The summed E-state index contributed by atoms with van der Waals surface area (Å²) in [5.41, 5.74) is 2.73. The molecule has 1 aliphatic rings. The molecule has 0 radical (unpaired) electrons. The molecule has 3 rings (SSSR count). The summed E-state index contributed by atoms with van der Waals surface area (Å²) in [6, 6.07) is 4.36. The van der Waals surface area contributed by atoms with Crippen LogP contribution >= 0.6 is 0 Å². The highest BCUT2D eigenvalue weighted by Crippen LogP contribution is 2.36. The van der Waals surface area contributed by atoms with Crippen LogP contribution in [0.1, 0.15) is 65.1 Å². The number of hydrogen-bond donors (Lipinski definition) is 1. The number of pyridine rings is 1. The molecule has 5 heteroatoms. The smallest absolute Gasteiger partial charge is 0.226 e. The summed E-state index contributed by atoms with van der Waals surface area (Å²) in [5.74, 6) is 1.23. The second-order valence-corrected chi connectivity index (χ2v) is 6.67. The summed E-state index contributed by atoms with van der Waals surface area (Å²) < 4.78 is 2.12. The van der Waals surface area contributed by atoms with Crippen molar-refractivity contribution in [3.05, 3.63) is 17.8 Å². The van der Waals surface area contributed by atoms with Crippen LogP contribution in [0.3, 0.4) is 0 Å². The Morgan fingerprint density at radius 2 is 2.09 bits per heavy atom. The van der Waals surface area contributed by atoms with Gasteiger partial charge in [0, 0.05) is 18.2 Å². The maximum absolute atomic E-state index is 12.2. The van der Waals surface area contributed by atoms with Crippen LogP contribution in [-0.2, 0) is 4.79 Å². The van der Waals surface area contributed by atoms with E-state index in [-0.39, 0.29) is 13.3 Å². The van der Waals surface area contributed by atoms with Gasteiger partial charge in [-0.2, -0.15) is 0 Å². The summed E-state index contributed by atoms with van der Waals surface area (Å²) in [6.45, 7) is 6.24. The molecule has 1 amide bonds. The van der Waals surface area contributed by atoms with Crippen molar-refractivity contribution >= 4 is 23.0 Å².